The Labute approximate surface area is 256 Å². The van der Waals surface area contributed by atoms with Crippen molar-refractivity contribution in [2.24, 2.45) is 50.3 Å². The number of nitrogens with zero attached hydrogens (tertiary/aromatic N) is 8. The Hall–Kier alpha value is -4.94. The number of hydrazine groups is 2. The predicted molar refractivity (Wildman–Crippen MR) is 172 cm³/mol. The van der Waals surface area contributed by atoms with Crippen molar-refractivity contribution in [2.45, 2.75) is 26.6 Å². The molecular weight excluding hydrogens is 562 g/mol. The normalized spacial score (nSPS) is 12.6. The molecule has 3 aromatic heterocycles. The van der Waals surface area contributed by atoms with Crippen LogP contribution in [0.4, 0.5) is 0 Å². The number of likely N-dealkylation sites (N-methyl/N-ethyl adjacent to an activating group) is 1. The quantitative estimate of drug-likeness (QED) is 0.0274. The van der Waals surface area contributed by atoms with Gasteiger partial charge in [0, 0.05) is 45.8 Å². The van der Waals surface area contributed by atoms with Crippen LogP contribution in [-0.2, 0) is 19.6 Å². The van der Waals surface area contributed by atoms with Crippen LogP contribution in [0.1, 0.15) is 41.1 Å². The first kappa shape index (κ1) is 33.6. The van der Waals surface area contributed by atoms with Gasteiger partial charge in [-0.25, -0.2) is 26.6 Å². The molecule has 0 aliphatic rings. The fraction of sp³-hybridized carbons (Fsp3) is 0.333. The Morgan fingerprint density at radius 2 is 1.18 bits per heavy atom. The van der Waals surface area contributed by atoms with Crippen LogP contribution in [-0.4, -0.2) is 75.0 Å². The minimum atomic E-state index is 0.196. The molecule has 3 heterocycles. The summed E-state index contributed by atoms with van der Waals surface area (Å²) in [6.45, 7) is 7.75. The fourth-order valence-electron chi connectivity index (χ4n) is 4.35. The second-order valence-corrected chi connectivity index (χ2v) is 9.62. The van der Waals surface area contributed by atoms with Gasteiger partial charge in [-0.15, -0.1) is 0 Å². The molecule has 0 bridgehead atoms. The maximum Gasteiger partial charge on any atom is 0.185 e. The molecule has 3 aromatic rings. The van der Waals surface area contributed by atoms with E-state index in [1.165, 1.54) is 0 Å². The highest BCUT2D eigenvalue weighted by molar-refractivity contribution is 5.97. The summed E-state index contributed by atoms with van der Waals surface area (Å²) < 4.78 is 0. The van der Waals surface area contributed by atoms with Crippen LogP contribution in [0.3, 0.4) is 0 Å². The van der Waals surface area contributed by atoms with Crippen molar-refractivity contribution < 1.29 is 0 Å². The third kappa shape index (κ3) is 10.1. The number of nitrogens with one attached hydrogen (secondary N) is 3. The largest absolute Gasteiger partial charge is 0.380 e. The zero-order chi connectivity index (χ0) is 31.7. The summed E-state index contributed by atoms with van der Waals surface area (Å²) in [5.74, 6) is 28.0. The van der Waals surface area contributed by atoms with Crippen molar-refractivity contribution >= 4 is 17.5 Å². The Morgan fingerprint density at radius 1 is 0.682 bits per heavy atom. The second-order valence-electron chi connectivity index (χ2n) is 9.62. The number of hydrogen-bond donors (Lipinski definition) is 9. The highest BCUT2D eigenvalue weighted by Gasteiger charge is 2.13. The highest BCUT2D eigenvalue weighted by atomic mass is 15.3. The van der Waals surface area contributed by atoms with E-state index in [0.717, 1.165) is 43.3 Å². The van der Waals surface area contributed by atoms with Crippen LogP contribution < -0.4 is 51.1 Å². The minimum Gasteiger partial charge on any atom is -0.380 e. The maximum absolute atomic E-state index is 5.86. The molecule has 3 rings (SSSR count). The van der Waals surface area contributed by atoms with Gasteiger partial charge in [0.2, 0.25) is 0 Å². The number of rotatable bonds is 16. The molecule has 44 heavy (non-hydrogen) atoms. The van der Waals surface area contributed by atoms with Gasteiger partial charge in [-0.1, -0.05) is 25.1 Å². The summed E-state index contributed by atoms with van der Waals surface area (Å²) in [6.07, 6.45) is 0. The van der Waals surface area contributed by atoms with Crippen molar-refractivity contribution in [3.8, 4) is 0 Å². The predicted octanol–water partition coefficient (Wildman–Crippen LogP) is -2.27. The molecule has 0 aromatic carbocycles. The number of aromatic nitrogens is 3. The maximum atomic E-state index is 5.86. The lowest BCUT2D eigenvalue weighted by Gasteiger charge is -2.27. The monoisotopic (exact) mass is 605 g/mol. The third-order valence-corrected chi connectivity index (χ3v) is 6.70. The number of hydrogen-bond acceptors (Lipinski definition) is 14. The SMILES string of the molecule is CCN(CCN(CCNCc1cccc(/C(=N/N)NN)n1)Cc1cccc(/C(=N/N)NN)n1)Cc1cccc(/C(N)=N/N)n1. The average Bonchev–Trinajstić information content (AvgIpc) is 3.06. The molecule has 17 heteroatoms. The van der Waals surface area contributed by atoms with Crippen molar-refractivity contribution in [1.82, 2.24) is 40.9 Å². The molecule has 0 unspecified atom stereocenters. The molecule has 0 saturated heterocycles. The molecule has 0 spiro atoms. The lowest BCUT2D eigenvalue weighted by atomic mass is 10.2. The summed E-state index contributed by atoms with van der Waals surface area (Å²) in [4.78, 5) is 18.5. The van der Waals surface area contributed by atoms with Gasteiger partial charge < -0.3 is 39.4 Å². The molecule has 0 fully saturated rings. The van der Waals surface area contributed by atoms with Crippen LogP contribution in [0.25, 0.3) is 0 Å². The first-order valence-corrected chi connectivity index (χ1v) is 14.0. The van der Waals surface area contributed by atoms with Crippen molar-refractivity contribution in [3.63, 3.8) is 0 Å². The molecule has 0 aliphatic heterocycles. The van der Waals surface area contributed by atoms with E-state index in [1.807, 2.05) is 36.4 Å². The Bertz CT molecular complexity index is 1410. The molecule has 0 aliphatic carbocycles. The van der Waals surface area contributed by atoms with Gasteiger partial charge in [-0.2, -0.15) is 15.3 Å². The molecule has 17 nitrogen and oxygen atoms in total. The number of pyridine rings is 3. The molecule has 0 atom stereocenters. The van der Waals surface area contributed by atoms with Gasteiger partial charge in [0.05, 0.1) is 17.1 Å². The summed E-state index contributed by atoms with van der Waals surface area (Å²) >= 11 is 0. The van der Waals surface area contributed by atoms with E-state index in [2.05, 4.69) is 58.2 Å². The van der Waals surface area contributed by atoms with E-state index in [-0.39, 0.29) is 5.84 Å². The first-order chi connectivity index (χ1) is 21.4. The van der Waals surface area contributed by atoms with Gasteiger partial charge >= 0.3 is 0 Å². The standard InChI is InChI=1S/C27H43N17/c1-2-43(17-20-7-4-9-22(36-20)25(28)38-29)14-15-44(18-21-8-5-11-24(37-21)27(41-32)42-33)13-12-34-16-19-6-3-10-23(35-19)26(39-30)40-31/h3-11,34H,2,12-18,29-33H2,1H3,(H2,28,38)(H,39,40)(H,41,42). The molecule has 236 valence electrons. The van der Waals surface area contributed by atoms with E-state index in [9.17, 15) is 0 Å². The summed E-state index contributed by atoms with van der Waals surface area (Å²) in [5, 5.41) is 14.3. The molecule has 0 radical (unpaired) electrons. The lowest BCUT2D eigenvalue weighted by Crippen LogP contribution is -2.38. The third-order valence-electron chi connectivity index (χ3n) is 6.70. The summed E-state index contributed by atoms with van der Waals surface area (Å²) in [5.41, 5.74) is 15.0. The van der Waals surface area contributed by atoms with E-state index >= 15 is 0 Å². The smallest absolute Gasteiger partial charge is 0.185 e. The van der Waals surface area contributed by atoms with Crippen molar-refractivity contribution in [1.29, 1.82) is 0 Å². The summed E-state index contributed by atoms with van der Waals surface area (Å²) in [6, 6.07) is 16.9. The van der Waals surface area contributed by atoms with Crippen LogP contribution in [0.15, 0.2) is 69.9 Å². The van der Waals surface area contributed by atoms with Gasteiger partial charge in [0.15, 0.2) is 17.5 Å². The van der Waals surface area contributed by atoms with Crippen LogP contribution in [0, 0.1) is 0 Å². The summed E-state index contributed by atoms with van der Waals surface area (Å²) in [7, 11) is 0. The number of hydrazone groups is 3. The molecule has 0 amide bonds. The van der Waals surface area contributed by atoms with Crippen LogP contribution in [0.5, 0.6) is 0 Å². The first-order valence-electron chi connectivity index (χ1n) is 14.0. The molecule has 15 N–H and O–H groups in total. The fourth-order valence-corrected chi connectivity index (χ4v) is 4.35. The Morgan fingerprint density at radius 3 is 1.73 bits per heavy atom. The Kier molecular flexibility index (Phi) is 13.6. The highest BCUT2D eigenvalue weighted by Crippen LogP contribution is 2.08. The number of nitrogens with two attached hydrogens (primary N) is 6. The van der Waals surface area contributed by atoms with E-state index < -0.39 is 0 Å². The topological polar surface area (TPSA) is 274 Å². The second kappa shape index (κ2) is 17.9. The lowest BCUT2D eigenvalue weighted by molar-refractivity contribution is 0.196. The zero-order valence-corrected chi connectivity index (χ0v) is 24.9. The van der Waals surface area contributed by atoms with E-state index in [4.69, 9.17) is 39.9 Å². The zero-order valence-electron chi connectivity index (χ0n) is 24.9. The van der Waals surface area contributed by atoms with E-state index in [1.54, 1.807) is 18.2 Å². The van der Waals surface area contributed by atoms with E-state index in [0.29, 0.717) is 54.9 Å². The molecule has 0 saturated carbocycles. The van der Waals surface area contributed by atoms with Gasteiger partial charge in [0.25, 0.3) is 0 Å². The minimum absolute atomic E-state index is 0.196. The van der Waals surface area contributed by atoms with Crippen LogP contribution >= 0.6 is 0 Å². The molecular formula is C27H43N17. The van der Waals surface area contributed by atoms with Crippen molar-refractivity contribution in [3.05, 3.63) is 88.8 Å². The van der Waals surface area contributed by atoms with Crippen LogP contribution in [0.2, 0.25) is 0 Å². The van der Waals surface area contributed by atoms with Gasteiger partial charge in [-0.05, 0) is 42.9 Å². The average molecular weight is 606 g/mol. The van der Waals surface area contributed by atoms with Gasteiger partial charge in [0.1, 0.15) is 17.1 Å². The number of amidine groups is 3. The van der Waals surface area contributed by atoms with Gasteiger partial charge in [-0.3, -0.25) is 9.80 Å². The Balaban J connectivity index is 1.68. The van der Waals surface area contributed by atoms with Crippen molar-refractivity contribution in [2.75, 3.05) is 32.7 Å².